The Morgan fingerprint density at radius 3 is 2.29 bits per heavy atom. The van der Waals surface area contributed by atoms with Gasteiger partial charge >= 0.3 is 0 Å². The maximum atomic E-state index is 12.1. The van der Waals surface area contributed by atoms with Crippen molar-refractivity contribution in [2.75, 3.05) is 4.72 Å². The minimum Gasteiger partial charge on any atom is -0.279 e. The molecule has 0 bridgehead atoms. The number of halogens is 1. The highest BCUT2D eigenvalue weighted by molar-refractivity contribution is 7.94. The molecule has 1 aromatic heterocycles. The van der Waals surface area contributed by atoms with Crippen molar-refractivity contribution >= 4 is 48.7 Å². The molecule has 0 saturated carbocycles. The van der Waals surface area contributed by atoms with Crippen molar-refractivity contribution in [1.82, 2.24) is 0 Å². The third kappa shape index (κ3) is 3.74. The monoisotopic (exact) mass is 366 g/mol. The molecule has 6 nitrogen and oxygen atoms in total. The van der Waals surface area contributed by atoms with Crippen LogP contribution in [-0.4, -0.2) is 16.8 Å². The fourth-order valence-corrected chi connectivity index (χ4v) is 4.78. The average molecular weight is 367 g/mol. The molecular formula is C11H11ClN2O4S3. The maximum Gasteiger partial charge on any atom is 0.271 e. The largest absolute Gasteiger partial charge is 0.279 e. The molecule has 114 valence electrons. The van der Waals surface area contributed by atoms with Gasteiger partial charge in [0.2, 0.25) is 10.0 Å². The Hall–Kier alpha value is -1.13. The first kappa shape index (κ1) is 16.2. The minimum absolute atomic E-state index is 0.0717. The van der Waals surface area contributed by atoms with Crippen LogP contribution in [0.3, 0.4) is 0 Å². The summed E-state index contributed by atoms with van der Waals surface area (Å²) in [5.41, 5.74) is 0.708. The van der Waals surface area contributed by atoms with Gasteiger partial charge in [-0.05, 0) is 42.8 Å². The SMILES string of the molecule is Cc1cc(S(N)(=O)=O)ccc1NS(=O)(=O)c1ccc(Cl)s1. The van der Waals surface area contributed by atoms with Gasteiger partial charge in [-0.15, -0.1) is 11.3 Å². The van der Waals surface area contributed by atoms with E-state index in [1.165, 1.54) is 30.3 Å². The molecular weight excluding hydrogens is 356 g/mol. The number of benzene rings is 1. The van der Waals surface area contributed by atoms with E-state index in [1.54, 1.807) is 6.92 Å². The number of hydrogen-bond donors (Lipinski definition) is 2. The first-order valence-electron chi connectivity index (χ1n) is 5.51. The fourth-order valence-electron chi connectivity index (χ4n) is 1.56. The van der Waals surface area contributed by atoms with E-state index in [0.717, 1.165) is 11.3 Å². The van der Waals surface area contributed by atoms with Gasteiger partial charge in [0.1, 0.15) is 4.21 Å². The lowest BCUT2D eigenvalue weighted by Crippen LogP contribution is -2.14. The molecule has 2 aromatic rings. The minimum atomic E-state index is -3.83. The molecule has 0 radical (unpaired) electrons. The Labute approximate surface area is 131 Å². The Morgan fingerprint density at radius 1 is 1.14 bits per heavy atom. The van der Waals surface area contributed by atoms with Gasteiger partial charge in [-0.3, -0.25) is 4.72 Å². The molecule has 0 amide bonds. The van der Waals surface area contributed by atoms with Crippen LogP contribution in [0.1, 0.15) is 5.56 Å². The lowest BCUT2D eigenvalue weighted by molar-refractivity contribution is 0.597. The van der Waals surface area contributed by atoms with Crippen molar-refractivity contribution in [3.05, 3.63) is 40.2 Å². The van der Waals surface area contributed by atoms with E-state index in [1.807, 2.05) is 0 Å². The van der Waals surface area contributed by atoms with Crippen LogP contribution in [0.5, 0.6) is 0 Å². The van der Waals surface area contributed by atoms with E-state index < -0.39 is 20.0 Å². The van der Waals surface area contributed by atoms with Crippen molar-refractivity contribution in [3.8, 4) is 0 Å². The molecule has 0 aliphatic carbocycles. The van der Waals surface area contributed by atoms with Crippen LogP contribution >= 0.6 is 22.9 Å². The predicted octanol–water partition coefficient (Wildman–Crippen LogP) is 2.16. The standard InChI is InChI=1S/C11H11ClN2O4S3/c1-7-6-8(20(13,15)16)2-3-9(7)14-21(17,18)11-5-4-10(12)19-11/h2-6,14H,1H3,(H2,13,15,16). The van der Waals surface area contributed by atoms with E-state index in [2.05, 4.69) is 4.72 Å². The summed E-state index contributed by atoms with van der Waals surface area (Å²) in [5, 5.41) is 5.02. The zero-order chi connectivity index (χ0) is 15.8. The van der Waals surface area contributed by atoms with Crippen LogP contribution in [0.15, 0.2) is 39.4 Å². The molecule has 0 aliphatic rings. The van der Waals surface area contributed by atoms with Crippen LogP contribution in [0.2, 0.25) is 4.34 Å². The Balaban J connectivity index is 2.36. The number of primary sulfonamides is 1. The van der Waals surface area contributed by atoms with E-state index in [9.17, 15) is 16.8 Å². The smallest absolute Gasteiger partial charge is 0.271 e. The van der Waals surface area contributed by atoms with Crippen molar-refractivity contribution in [1.29, 1.82) is 0 Å². The third-order valence-corrected chi connectivity index (χ3v) is 6.58. The second-order valence-corrected chi connectivity index (χ2v) is 9.37. The second-order valence-electron chi connectivity index (χ2n) is 4.19. The number of nitrogens with two attached hydrogens (primary N) is 1. The Bertz CT molecular complexity index is 888. The van der Waals surface area contributed by atoms with Gasteiger partial charge in [-0.2, -0.15) is 0 Å². The third-order valence-electron chi connectivity index (χ3n) is 2.58. The fraction of sp³-hybridized carbons (Fsp3) is 0.0909. The van der Waals surface area contributed by atoms with Crippen molar-refractivity contribution in [2.24, 2.45) is 5.14 Å². The molecule has 0 aliphatic heterocycles. The van der Waals surface area contributed by atoms with Gasteiger partial charge in [0.25, 0.3) is 10.0 Å². The highest BCUT2D eigenvalue weighted by Gasteiger charge is 2.18. The van der Waals surface area contributed by atoms with Gasteiger partial charge in [-0.1, -0.05) is 11.6 Å². The molecule has 3 N–H and O–H groups in total. The van der Waals surface area contributed by atoms with Crippen LogP contribution < -0.4 is 9.86 Å². The highest BCUT2D eigenvalue weighted by Crippen LogP contribution is 2.28. The van der Waals surface area contributed by atoms with Crippen molar-refractivity contribution in [2.45, 2.75) is 16.0 Å². The summed E-state index contributed by atoms with van der Waals surface area (Å²) in [6.07, 6.45) is 0. The predicted molar refractivity (Wildman–Crippen MR) is 82.7 cm³/mol. The highest BCUT2D eigenvalue weighted by atomic mass is 35.5. The summed E-state index contributed by atoms with van der Waals surface area (Å²) in [5.74, 6) is 0. The van der Waals surface area contributed by atoms with E-state index >= 15 is 0 Å². The summed E-state index contributed by atoms with van der Waals surface area (Å²) < 4.78 is 49.6. The van der Waals surface area contributed by atoms with E-state index in [4.69, 9.17) is 16.7 Å². The molecule has 0 unspecified atom stereocenters. The Kier molecular flexibility index (Phi) is 4.31. The number of rotatable bonds is 4. The number of thiophene rings is 1. The van der Waals surface area contributed by atoms with Crippen LogP contribution in [0, 0.1) is 6.92 Å². The number of sulfonamides is 2. The van der Waals surface area contributed by atoms with Crippen molar-refractivity contribution in [3.63, 3.8) is 0 Å². The Morgan fingerprint density at radius 2 is 1.81 bits per heavy atom. The van der Waals surface area contributed by atoms with E-state index in [-0.39, 0.29) is 14.8 Å². The van der Waals surface area contributed by atoms with Crippen LogP contribution in [0.4, 0.5) is 5.69 Å². The number of anilines is 1. The van der Waals surface area contributed by atoms with Crippen LogP contribution in [-0.2, 0) is 20.0 Å². The zero-order valence-corrected chi connectivity index (χ0v) is 13.9. The molecule has 0 fully saturated rings. The lowest BCUT2D eigenvalue weighted by atomic mass is 10.2. The quantitative estimate of drug-likeness (QED) is 0.864. The van der Waals surface area contributed by atoms with Gasteiger partial charge in [0.05, 0.1) is 14.9 Å². The second kappa shape index (κ2) is 5.58. The molecule has 0 saturated heterocycles. The number of nitrogens with one attached hydrogen (secondary N) is 1. The lowest BCUT2D eigenvalue weighted by Gasteiger charge is -2.10. The average Bonchev–Trinajstić information content (AvgIpc) is 2.78. The normalized spacial score (nSPS) is 12.3. The summed E-state index contributed by atoms with van der Waals surface area (Å²) in [7, 11) is -7.59. The molecule has 0 spiro atoms. The first-order valence-corrected chi connectivity index (χ1v) is 9.73. The maximum absolute atomic E-state index is 12.1. The van der Waals surface area contributed by atoms with Crippen LogP contribution in [0.25, 0.3) is 0 Å². The van der Waals surface area contributed by atoms with Gasteiger partial charge in [0, 0.05) is 0 Å². The summed E-state index contributed by atoms with van der Waals surface area (Å²) >= 11 is 6.64. The van der Waals surface area contributed by atoms with E-state index in [0.29, 0.717) is 9.90 Å². The number of aryl methyl sites for hydroxylation is 1. The molecule has 1 aromatic carbocycles. The molecule has 1 heterocycles. The molecule has 10 heteroatoms. The van der Waals surface area contributed by atoms with Gasteiger partial charge < -0.3 is 0 Å². The summed E-state index contributed by atoms with van der Waals surface area (Å²) in [6, 6.07) is 6.76. The van der Waals surface area contributed by atoms with Crippen molar-refractivity contribution < 1.29 is 16.8 Å². The van der Waals surface area contributed by atoms with Gasteiger partial charge in [0.15, 0.2) is 0 Å². The molecule has 0 atom stereocenters. The topological polar surface area (TPSA) is 106 Å². The molecule has 21 heavy (non-hydrogen) atoms. The first-order chi connectivity index (χ1) is 9.59. The number of hydrogen-bond acceptors (Lipinski definition) is 5. The molecule has 2 rings (SSSR count). The van der Waals surface area contributed by atoms with Gasteiger partial charge in [-0.25, -0.2) is 22.0 Å². The zero-order valence-electron chi connectivity index (χ0n) is 10.7. The summed E-state index contributed by atoms with van der Waals surface area (Å²) in [6.45, 7) is 1.58. The summed E-state index contributed by atoms with van der Waals surface area (Å²) in [4.78, 5) is -0.0814.